The molecule has 0 amide bonds. The second-order valence-corrected chi connectivity index (χ2v) is 4.63. The molecule has 0 unspecified atom stereocenters. The third kappa shape index (κ3) is 1.76. The molecule has 86 valence electrons. The summed E-state index contributed by atoms with van der Waals surface area (Å²) in [5.41, 5.74) is 9.00. The quantitative estimate of drug-likeness (QED) is 0.756. The zero-order valence-electron chi connectivity index (χ0n) is 8.80. The number of anilines is 1. The molecule has 2 N–H and O–H groups in total. The molecule has 3 rings (SSSR count). The number of thiazole rings is 1. The molecule has 6 heteroatoms. The van der Waals surface area contributed by atoms with Crippen molar-refractivity contribution in [3.05, 3.63) is 40.6 Å². The van der Waals surface area contributed by atoms with Crippen LogP contribution in [0.4, 0.5) is 10.3 Å². The number of benzene rings is 1. The van der Waals surface area contributed by atoms with Crippen molar-refractivity contribution in [2.75, 3.05) is 5.73 Å². The van der Waals surface area contributed by atoms with Crippen molar-refractivity contribution in [2.45, 2.75) is 6.54 Å². The first-order chi connectivity index (χ1) is 8.24. The minimum Gasteiger partial charge on any atom is -0.369 e. The SMILES string of the molecule is Nc1nc2ccc(F)cc2n1Cc1cncs1. The Morgan fingerprint density at radius 2 is 2.29 bits per heavy atom. The smallest absolute Gasteiger partial charge is 0.201 e. The minimum absolute atomic E-state index is 0.289. The Balaban J connectivity index is 2.14. The Labute approximate surface area is 101 Å². The summed E-state index contributed by atoms with van der Waals surface area (Å²) in [7, 11) is 0. The summed E-state index contributed by atoms with van der Waals surface area (Å²) in [5.74, 6) is 0.0990. The Bertz CT molecular complexity index is 659. The molecule has 0 aliphatic heterocycles. The third-order valence-corrected chi connectivity index (χ3v) is 3.30. The normalized spacial score (nSPS) is 11.1. The number of hydrogen-bond donors (Lipinski definition) is 1. The van der Waals surface area contributed by atoms with E-state index in [4.69, 9.17) is 5.73 Å². The number of nitrogens with two attached hydrogens (primary N) is 1. The van der Waals surface area contributed by atoms with Crippen LogP contribution in [0.2, 0.25) is 0 Å². The molecule has 0 radical (unpaired) electrons. The maximum absolute atomic E-state index is 13.2. The second-order valence-electron chi connectivity index (χ2n) is 3.66. The fourth-order valence-corrected chi connectivity index (χ4v) is 2.34. The van der Waals surface area contributed by atoms with E-state index in [0.29, 0.717) is 23.5 Å². The number of halogens is 1. The van der Waals surface area contributed by atoms with Crippen LogP contribution < -0.4 is 5.73 Å². The van der Waals surface area contributed by atoms with Crippen LogP contribution in [0.15, 0.2) is 29.9 Å². The van der Waals surface area contributed by atoms with Gasteiger partial charge in [0.2, 0.25) is 5.95 Å². The number of hydrogen-bond acceptors (Lipinski definition) is 4. The number of fused-ring (bicyclic) bond motifs is 1. The molecule has 0 saturated carbocycles. The van der Waals surface area contributed by atoms with E-state index in [-0.39, 0.29) is 5.82 Å². The Morgan fingerprint density at radius 3 is 3.06 bits per heavy atom. The van der Waals surface area contributed by atoms with Gasteiger partial charge in [-0.15, -0.1) is 11.3 Å². The van der Waals surface area contributed by atoms with Gasteiger partial charge in [-0.2, -0.15) is 0 Å². The minimum atomic E-state index is -0.289. The lowest BCUT2D eigenvalue weighted by atomic mass is 10.3. The van der Waals surface area contributed by atoms with Crippen molar-refractivity contribution < 1.29 is 4.39 Å². The van der Waals surface area contributed by atoms with Crippen LogP contribution in [0.25, 0.3) is 11.0 Å². The summed E-state index contributed by atoms with van der Waals surface area (Å²) in [6.07, 6.45) is 1.77. The highest BCUT2D eigenvalue weighted by molar-refractivity contribution is 7.09. The highest BCUT2D eigenvalue weighted by atomic mass is 32.1. The lowest BCUT2D eigenvalue weighted by Crippen LogP contribution is -2.03. The molecule has 17 heavy (non-hydrogen) atoms. The average molecular weight is 248 g/mol. The molecule has 0 bridgehead atoms. The Morgan fingerprint density at radius 1 is 1.41 bits per heavy atom. The van der Waals surface area contributed by atoms with Gasteiger partial charge >= 0.3 is 0 Å². The van der Waals surface area contributed by atoms with Crippen molar-refractivity contribution in [3.63, 3.8) is 0 Å². The second kappa shape index (κ2) is 3.81. The summed E-state index contributed by atoms with van der Waals surface area (Å²) < 4.78 is 15.0. The van der Waals surface area contributed by atoms with Gasteiger partial charge in [-0.05, 0) is 18.2 Å². The van der Waals surface area contributed by atoms with Crippen LogP contribution in [0.3, 0.4) is 0 Å². The van der Waals surface area contributed by atoms with Crippen molar-refractivity contribution in [1.82, 2.24) is 14.5 Å². The van der Waals surface area contributed by atoms with Crippen LogP contribution in [0, 0.1) is 5.82 Å². The maximum Gasteiger partial charge on any atom is 0.201 e. The Hall–Kier alpha value is -1.95. The van der Waals surface area contributed by atoms with Crippen molar-refractivity contribution in [1.29, 1.82) is 0 Å². The summed E-state index contributed by atoms with van der Waals surface area (Å²) in [5, 5.41) is 0. The van der Waals surface area contributed by atoms with Gasteiger partial charge in [0.15, 0.2) is 0 Å². The van der Waals surface area contributed by atoms with Crippen molar-refractivity contribution in [3.8, 4) is 0 Å². The predicted octanol–water partition coefficient (Wildman–Crippen LogP) is 2.26. The van der Waals surface area contributed by atoms with Gasteiger partial charge in [-0.3, -0.25) is 4.98 Å². The van der Waals surface area contributed by atoms with Crippen LogP contribution in [-0.4, -0.2) is 14.5 Å². The topological polar surface area (TPSA) is 56.7 Å². The standard InChI is InChI=1S/C11H9FN4S/c12-7-1-2-9-10(3-7)16(11(13)15-9)5-8-4-14-6-17-8/h1-4,6H,5H2,(H2,13,15). The summed E-state index contributed by atoms with van der Waals surface area (Å²) in [6.45, 7) is 0.566. The number of imidazole rings is 1. The number of rotatable bonds is 2. The molecule has 0 atom stereocenters. The highest BCUT2D eigenvalue weighted by Gasteiger charge is 2.09. The van der Waals surface area contributed by atoms with Crippen LogP contribution in [-0.2, 0) is 6.54 Å². The first-order valence-electron chi connectivity index (χ1n) is 5.02. The largest absolute Gasteiger partial charge is 0.369 e. The monoisotopic (exact) mass is 248 g/mol. The molecular weight excluding hydrogens is 239 g/mol. The van der Waals surface area contributed by atoms with Gasteiger partial charge in [0.1, 0.15) is 5.82 Å². The highest BCUT2D eigenvalue weighted by Crippen LogP contribution is 2.21. The molecule has 0 saturated heterocycles. The molecule has 4 nitrogen and oxygen atoms in total. The van der Waals surface area contributed by atoms with Gasteiger partial charge in [0, 0.05) is 11.1 Å². The van der Waals surface area contributed by atoms with Crippen LogP contribution in [0.5, 0.6) is 0 Å². The zero-order chi connectivity index (χ0) is 11.8. The number of nitrogens with zero attached hydrogens (tertiary/aromatic N) is 3. The average Bonchev–Trinajstić information content (AvgIpc) is 2.90. The van der Waals surface area contributed by atoms with E-state index in [1.54, 1.807) is 22.3 Å². The molecule has 1 aromatic carbocycles. The van der Waals surface area contributed by atoms with Crippen molar-refractivity contribution in [2.24, 2.45) is 0 Å². The maximum atomic E-state index is 13.2. The predicted molar refractivity (Wildman–Crippen MR) is 65.3 cm³/mol. The summed E-state index contributed by atoms with van der Waals surface area (Å²) in [4.78, 5) is 9.25. The van der Waals surface area contributed by atoms with Gasteiger partial charge < -0.3 is 10.3 Å². The van der Waals surface area contributed by atoms with Gasteiger partial charge in [-0.25, -0.2) is 9.37 Å². The molecule has 2 aromatic heterocycles. The summed E-state index contributed by atoms with van der Waals surface area (Å²) in [6, 6.07) is 4.45. The van der Waals surface area contributed by atoms with Crippen LogP contribution in [0.1, 0.15) is 4.88 Å². The van der Waals surface area contributed by atoms with Crippen LogP contribution >= 0.6 is 11.3 Å². The number of aromatic nitrogens is 3. The molecular formula is C11H9FN4S. The fourth-order valence-electron chi connectivity index (χ4n) is 1.76. The number of nitrogen functional groups attached to an aromatic ring is 1. The van der Waals surface area contributed by atoms with Crippen molar-refractivity contribution >= 4 is 28.3 Å². The van der Waals surface area contributed by atoms with E-state index < -0.39 is 0 Å². The first-order valence-corrected chi connectivity index (χ1v) is 5.90. The lowest BCUT2D eigenvalue weighted by molar-refractivity contribution is 0.628. The molecule has 0 aliphatic carbocycles. The summed E-state index contributed by atoms with van der Waals surface area (Å²) >= 11 is 1.53. The van der Waals surface area contributed by atoms with E-state index in [9.17, 15) is 4.39 Å². The first kappa shape index (κ1) is 10.2. The molecule has 0 fully saturated rings. The van der Waals surface area contributed by atoms with Gasteiger partial charge in [0.05, 0.1) is 23.1 Å². The van der Waals surface area contributed by atoms with E-state index >= 15 is 0 Å². The van der Waals surface area contributed by atoms with Gasteiger partial charge in [0.25, 0.3) is 0 Å². The molecule has 0 spiro atoms. The molecule has 0 aliphatic rings. The van der Waals surface area contributed by atoms with E-state index in [2.05, 4.69) is 9.97 Å². The van der Waals surface area contributed by atoms with Gasteiger partial charge in [-0.1, -0.05) is 0 Å². The fraction of sp³-hybridized carbons (Fsp3) is 0.0909. The van der Waals surface area contributed by atoms with E-state index in [0.717, 1.165) is 4.88 Å². The molecule has 2 heterocycles. The third-order valence-electron chi connectivity index (χ3n) is 2.54. The van der Waals surface area contributed by atoms with E-state index in [1.807, 2.05) is 0 Å². The zero-order valence-corrected chi connectivity index (χ0v) is 9.62. The Kier molecular flexibility index (Phi) is 2.29. The molecule has 3 aromatic rings. The van der Waals surface area contributed by atoms with E-state index in [1.165, 1.54) is 23.5 Å². The lowest BCUT2D eigenvalue weighted by Gasteiger charge is -2.03.